The van der Waals surface area contributed by atoms with Crippen LogP contribution in [0, 0.1) is 11.8 Å². The largest absolute Gasteiger partial charge is 0.454 e. The molecular weight excluding hydrogens is 354 g/mol. The molecule has 6 heteroatoms. The van der Waals surface area contributed by atoms with Gasteiger partial charge in [-0.05, 0) is 74.8 Å². The molecule has 6 nitrogen and oxygen atoms in total. The highest BCUT2D eigenvalue weighted by molar-refractivity contribution is 5.76. The Morgan fingerprint density at radius 2 is 2.07 bits per heavy atom. The lowest BCUT2D eigenvalue weighted by atomic mass is 9.73. The summed E-state index contributed by atoms with van der Waals surface area (Å²) in [5, 5.41) is 6.89. The maximum atomic E-state index is 12.5. The second-order valence-electron chi connectivity index (χ2n) is 8.77. The van der Waals surface area contributed by atoms with E-state index in [4.69, 9.17) is 9.47 Å². The van der Waals surface area contributed by atoms with Crippen molar-refractivity contribution in [3.05, 3.63) is 23.8 Å². The number of carbonyl (C=O) groups excluding carboxylic acids is 1. The lowest BCUT2D eigenvalue weighted by Crippen LogP contribution is -2.65. The summed E-state index contributed by atoms with van der Waals surface area (Å²) < 4.78 is 10.8. The minimum atomic E-state index is 0.150. The van der Waals surface area contributed by atoms with Crippen LogP contribution in [0.5, 0.6) is 11.5 Å². The van der Waals surface area contributed by atoms with Crippen molar-refractivity contribution in [2.24, 2.45) is 11.8 Å². The van der Waals surface area contributed by atoms with Crippen LogP contribution in [-0.2, 0) is 11.2 Å². The van der Waals surface area contributed by atoms with Crippen molar-refractivity contribution in [3.63, 3.8) is 0 Å². The third-order valence-corrected chi connectivity index (χ3v) is 7.11. The fourth-order valence-electron chi connectivity index (χ4n) is 5.71. The highest BCUT2D eigenvalue weighted by Gasteiger charge is 2.45. The van der Waals surface area contributed by atoms with Gasteiger partial charge in [-0.1, -0.05) is 12.5 Å². The average molecular weight is 386 g/mol. The van der Waals surface area contributed by atoms with Crippen molar-refractivity contribution in [1.82, 2.24) is 15.5 Å². The van der Waals surface area contributed by atoms with Crippen molar-refractivity contribution < 1.29 is 14.3 Å². The second-order valence-corrected chi connectivity index (χ2v) is 8.77. The number of aryl methyl sites for hydroxylation is 1. The first-order valence-electron chi connectivity index (χ1n) is 10.9. The molecule has 2 bridgehead atoms. The molecule has 1 amide bonds. The van der Waals surface area contributed by atoms with Gasteiger partial charge in [0.2, 0.25) is 12.7 Å². The van der Waals surface area contributed by atoms with Crippen molar-refractivity contribution in [2.45, 2.75) is 50.6 Å². The normalized spacial score (nSPS) is 31.3. The number of piperidine rings is 3. The summed E-state index contributed by atoms with van der Waals surface area (Å²) in [4.78, 5) is 15.3. The number of benzene rings is 1. The van der Waals surface area contributed by atoms with Crippen LogP contribution in [0.15, 0.2) is 18.2 Å². The smallest absolute Gasteiger partial charge is 0.231 e. The van der Waals surface area contributed by atoms with E-state index in [9.17, 15) is 4.79 Å². The van der Waals surface area contributed by atoms with Gasteiger partial charge in [0, 0.05) is 25.0 Å². The number of fused-ring (bicyclic) bond motifs is 5. The third-order valence-electron chi connectivity index (χ3n) is 7.11. The zero-order chi connectivity index (χ0) is 18.9. The minimum absolute atomic E-state index is 0.150. The van der Waals surface area contributed by atoms with Crippen molar-refractivity contribution >= 4 is 5.91 Å². The number of hydrogen-bond donors (Lipinski definition) is 2. The van der Waals surface area contributed by atoms with Crippen LogP contribution in [0.3, 0.4) is 0 Å². The van der Waals surface area contributed by atoms with E-state index in [2.05, 4.69) is 15.5 Å². The summed E-state index contributed by atoms with van der Waals surface area (Å²) in [6, 6.07) is 7.15. The van der Waals surface area contributed by atoms with Crippen LogP contribution < -0.4 is 20.1 Å². The predicted octanol–water partition coefficient (Wildman–Crippen LogP) is 1.93. The lowest BCUT2D eigenvalue weighted by Gasteiger charge is -2.55. The summed E-state index contributed by atoms with van der Waals surface area (Å²) in [7, 11) is 0. The molecule has 0 saturated carbocycles. The number of hydrogen-bond acceptors (Lipinski definition) is 5. The van der Waals surface area contributed by atoms with Crippen LogP contribution in [0.25, 0.3) is 0 Å². The van der Waals surface area contributed by atoms with Gasteiger partial charge in [0.05, 0.1) is 0 Å². The van der Waals surface area contributed by atoms with Gasteiger partial charge in [-0.2, -0.15) is 0 Å². The van der Waals surface area contributed by atoms with Gasteiger partial charge < -0.3 is 20.1 Å². The first kappa shape index (κ1) is 18.3. The molecule has 0 aliphatic carbocycles. The van der Waals surface area contributed by atoms with Crippen molar-refractivity contribution in [1.29, 1.82) is 0 Å². The minimum Gasteiger partial charge on any atom is -0.454 e. The number of ether oxygens (including phenoxy) is 2. The molecular formula is C22H31N3O3. The summed E-state index contributed by atoms with van der Waals surface area (Å²) in [5.41, 5.74) is 1.12. The van der Waals surface area contributed by atoms with Crippen LogP contribution in [0.4, 0.5) is 0 Å². The van der Waals surface area contributed by atoms with E-state index in [1.807, 2.05) is 18.2 Å². The lowest BCUT2D eigenvalue weighted by molar-refractivity contribution is -0.122. The SMILES string of the molecule is O=C(CCc1ccc2c(c1)OCO2)NC[C@H]1[C@@H]2CNC[C@@H](C2)[C@@H]2CCCCN21. The molecule has 4 heterocycles. The van der Waals surface area contributed by atoms with E-state index in [0.29, 0.717) is 24.4 Å². The molecule has 5 rings (SSSR count). The van der Waals surface area contributed by atoms with Crippen molar-refractivity contribution in [3.8, 4) is 11.5 Å². The molecule has 2 N–H and O–H groups in total. The number of amides is 1. The van der Waals surface area contributed by atoms with Gasteiger partial charge in [0.15, 0.2) is 11.5 Å². The predicted molar refractivity (Wildman–Crippen MR) is 106 cm³/mol. The quantitative estimate of drug-likeness (QED) is 0.811. The monoisotopic (exact) mass is 385 g/mol. The first-order valence-corrected chi connectivity index (χ1v) is 10.9. The summed E-state index contributed by atoms with van der Waals surface area (Å²) in [6.45, 7) is 4.55. The van der Waals surface area contributed by atoms with E-state index in [0.717, 1.165) is 42.5 Å². The Kier molecular flexibility index (Phi) is 5.16. The molecule has 0 radical (unpaired) electrons. The van der Waals surface area contributed by atoms with Crippen molar-refractivity contribution in [2.75, 3.05) is 33.0 Å². The van der Waals surface area contributed by atoms with E-state index < -0.39 is 0 Å². The first-order chi connectivity index (χ1) is 13.8. The number of rotatable bonds is 5. The zero-order valence-corrected chi connectivity index (χ0v) is 16.5. The van der Waals surface area contributed by atoms with Gasteiger partial charge >= 0.3 is 0 Å². The number of nitrogens with zero attached hydrogens (tertiary/aromatic N) is 1. The average Bonchev–Trinajstić information content (AvgIpc) is 3.20. The highest BCUT2D eigenvalue weighted by atomic mass is 16.7. The highest BCUT2D eigenvalue weighted by Crippen LogP contribution is 2.38. The van der Waals surface area contributed by atoms with Gasteiger partial charge in [0.1, 0.15) is 0 Å². The van der Waals surface area contributed by atoms with Crippen LogP contribution in [-0.4, -0.2) is 55.9 Å². The Balaban J connectivity index is 1.15. The Morgan fingerprint density at radius 3 is 3.04 bits per heavy atom. The maximum Gasteiger partial charge on any atom is 0.231 e. The molecule has 4 atom stereocenters. The standard InChI is InChI=1S/C22H31N3O3/c26-22(7-5-15-4-6-20-21(9-15)28-14-27-20)24-13-19-17-10-16(11-23-12-17)18-3-1-2-8-25(18)19/h4,6,9,16-19,23H,1-3,5,7-8,10-14H2,(H,24,26)/t16-,17+,18+,19+/m1/s1. The number of nitrogens with one attached hydrogen (secondary N) is 2. The molecule has 28 heavy (non-hydrogen) atoms. The molecule has 0 aromatic heterocycles. The Bertz CT molecular complexity index is 725. The molecule has 3 saturated heterocycles. The summed E-state index contributed by atoms with van der Waals surface area (Å²) in [5.74, 6) is 3.20. The van der Waals surface area contributed by atoms with Gasteiger partial charge in [-0.3, -0.25) is 9.69 Å². The van der Waals surface area contributed by atoms with Gasteiger partial charge in [0.25, 0.3) is 0 Å². The zero-order valence-electron chi connectivity index (χ0n) is 16.5. The Labute approximate surface area is 166 Å². The van der Waals surface area contributed by atoms with Crippen LogP contribution >= 0.6 is 0 Å². The van der Waals surface area contributed by atoms with E-state index in [1.54, 1.807) is 0 Å². The molecule has 0 unspecified atom stereocenters. The molecule has 4 aliphatic heterocycles. The fourth-order valence-corrected chi connectivity index (χ4v) is 5.71. The van der Waals surface area contributed by atoms with Crippen LogP contribution in [0.1, 0.15) is 37.7 Å². The summed E-state index contributed by atoms with van der Waals surface area (Å²) in [6.07, 6.45) is 6.56. The van der Waals surface area contributed by atoms with E-state index >= 15 is 0 Å². The third kappa shape index (κ3) is 3.60. The summed E-state index contributed by atoms with van der Waals surface area (Å²) >= 11 is 0. The maximum absolute atomic E-state index is 12.5. The van der Waals surface area contributed by atoms with E-state index in [1.165, 1.54) is 38.8 Å². The molecule has 152 valence electrons. The van der Waals surface area contributed by atoms with Crippen LogP contribution in [0.2, 0.25) is 0 Å². The second kappa shape index (κ2) is 7.91. The van der Waals surface area contributed by atoms with Gasteiger partial charge in [-0.15, -0.1) is 0 Å². The number of carbonyl (C=O) groups is 1. The molecule has 1 aromatic carbocycles. The van der Waals surface area contributed by atoms with E-state index in [-0.39, 0.29) is 12.7 Å². The Hall–Kier alpha value is -1.79. The molecule has 0 spiro atoms. The molecule has 1 aromatic rings. The Morgan fingerprint density at radius 1 is 1.18 bits per heavy atom. The fraction of sp³-hybridized carbons (Fsp3) is 0.682. The van der Waals surface area contributed by atoms with Gasteiger partial charge in [-0.25, -0.2) is 0 Å². The molecule has 4 aliphatic rings. The topological polar surface area (TPSA) is 62.8 Å². The molecule has 3 fully saturated rings.